The number of rotatable bonds is 8. The van der Waals surface area contributed by atoms with Crippen LogP contribution in [0.15, 0.2) is 42.7 Å². The van der Waals surface area contributed by atoms with Gasteiger partial charge in [0.1, 0.15) is 5.82 Å². The number of aliphatic hydroxyl groups is 1. The fourth-order valence-corrected chi connectivity index (χ4v) is 2.32. The van der Waals surface area contributed by atoms with Crippen LogP contribution in [0.5, 0.6) is 0 Å². The number of benzene rings is 1. The zero-order valence-corrected chi connectivity index (χ0v) is 14.3. The van der Waals surface area contributed by atoms with Crippen molar-refractivity contribution in [1.29, 1.82) is 0 Å². The van der Waals surface area contributed by atoms with Gasteiger partial charge in [-0.25, -0.2) is 9.78 Å². The largest absolute Gasteiger partial charge is 0.391 e. The third kappa shape index (κ3) is 5.38. The summed E-state index contributed by atoms with van der Waals surface area (Å²) >= 11 is 0. The van der Waals surface area contributed by atoms with Gasteiger partial charge in [0.2, 0.25) is 0 Å². The van der Waals surface area contributed by atoms with E-state index in [1.807, 2.05) is 42.8 Å². The lowest BCUT2D eigenvalue weighted by molar-refractivity contribution is 0.114. The van der Waals surface area contributed by atoms with Crippen molar-refractivity contribution in [2.24, 2.45) is 5.92 Å². The van der Waals surface area contributed by atoms with E-state index in [9.17, 15) is 9.90 Å². The number of aliphatic hydroxyl groups excluding tert-OH is 1. The highest BCUT2D eigenvalue weighted by Gasteiger charge is 2.13. The molecule has 2 atom stereocenters. The maximum absolute atomic E-state index is 11.9. The smallest absolute Gasteiger partial charge is 0.315 e. The summed E-state index contributed by atoms with van der Waals surface area (Å²) in [5, 5.41) is 15.3. The predicted octanol–water partition coefficient (Wildman–Crippen LogP) is 2.14. The fourth-order valence-electron chi connectivity index (χ4n) is 2.32. The van der Waals surface area contributed by atoms with Gasteiger partial charge in [-0.05, 0) is 11.5 Å². The van der Waals surface area contributed by atoms with E-state index in [1.165, 1.54) is 5.56 Å². The number of imidazole rings is 1. The van der Waals surface area contributed by atoms with Gasteiger partial charge in [-0.2, -0.15) is 0 Å². The van der Waals surface area contributed by atoms with Crippen molar-refractivity contribution < 1.29 is 9.90 Å². The number of aromatic nitrogens is 2. The van der Waals surface area contributed by atoms with Crippen LogP contribution < -0.4 is 10.6 Å². The van der Waals surface area contributed by atoms with Gasteiger partial charge >= 0.3 is 6.03 Å². The summed E-state index contributed by atoms with van der Waals surface area (Å²) in [4.78, 5) is 16.1. The molecule has 2 amide bonds. The molecule has 0 saturated carbocycles. The lowest BCUT2D eigenvalue weighted by Gasteiger charge is -2.17. The van der Waals surface area contributed by atoms with Gasteiger partial charge in [0.25, 0.3) is 0 Å². The van der Waals surface area contributed by atoms with E-state index < -0.39 is 6.10 Å². The minimum Gasteiger partial charge on any atom is -0.391 e. The quantitative estimate of drug-likeness (QED) is 0.694. The first-order valence-corrected chi connectivity index (χ1v) is 8.33. The molecule has 24 heavy (non-hydrogen) atoms. The topological polar surface area (TPSA) is 79.2 Å². The molecular formula is C18H26N4O2. The molecule has 0 aliphatic heterocycles. The molecule has 0 bridgehead atoms. The van der Waals surface area contributed by atoms with Gasteiger partial charge in [0.15, 0.2) is 0 Å². The average molecular weight is 330 g/mol. The minimum absolute atomic E-state index is 0.162. The Morgan fingerprint density at radius 3 is 2.75 bits per heavy atom. The van der Waals surface area contributed by atoms with E-state index in [-0.39, 0.29) is 18.5 Å². The maximum atomic E-state index is 11.9. The van der Waals surface area contributed by atoms with Gasteiger partial charge in [-0.3, -0.25) is 0 Å². The SMILES string of the molecule is CCC(C)C(O)CNC(=O)NCc1nccn1Cc1ccccc1. The Morgan fingerprint density at radius 2 is 2.04 bits per heavy atom. The summed E-state index contributed by atoms with van der Waals surface area (Å²) in [6, 6.07) is 9.80. The number of nitrogens with zero attached hydrogens (tertiary/aromatic N) is 2. The van der Waals surface area contributed by atoms with Crippen LogP contribution in [0.3, 0.4) is 0 Å². The number of nitrogens with one attached hydrogen (secondary N) is 2. The van der Waals surface area contributed by atoms with Crippen LogP contribution >= 0.6 is 0 Å². The van der Waals surface area contributed by atoms with Crippen LogP contribution in [0.1, 0.15) is 31.7 Å². The monoisotopic (exact) mass is 330 g/mol. The maximum Gasteiger partial charge on any atom is 0.315 e. The number of urea groups is 1. The summed E-state index contributed by atoms with van der Waals surface area (Å²) in [5.74, 6) is 0.951. The normalized spacial score (nSPS) is 13.3. The molecule has 0 aliphatic carbocycles. The molecule has 0 spiro atoms. The third-order valence-electron chi connectivity index (χ3n) is 4.18. The van der Waals surface area contributed by atoms with Gasteiger partial charge in [0, 0.05) is 25.5 Å². The minimum atomic E-state index is -0.527. The van der Waals surface area contributed by atoms with Crippen LogP contribution in [0, 0.1) is 5.92 Å². The van der Waals surface area contributed by atoms with Crippen molar-refractivity contribution in [1.82, 2.24) is 20.2 Å². The van der Waals surface area contributed by atoms with E-state index in [0.29, 0.717) is 13.1 Å². The van der Waals surface area contributed by atoms with Gasteiger partial charge in [0.05, 0.1) is 12.6 Å². The highest BCUT2D eigenvalue weighted by atomic mass is 16.3. The van der Waals surface area contributed by atoms with Gasteiger partial charge in [-0.1, -0.05) is 50.6 Å². The first-order chi connectivity index (χ1) is 11.6. The molecule has 0 fully saturated rings. The molecule has 6 heteroatoms. The van der Waals surface area contributed by atoms with Gasteiger partial charge in [-0.15, -0.1) is 0 Å². The standard InChI is InChI=1S/C18H26N4O2/c1-3-14(2)16(23)11-20-18(24)21-12-17-19-9-10-22(17)13-15-7-5-4-6-8-15/h4-10,14,16,23H,3,11-13H2,1-2H3,(H2,20,21,24). The number of carbonyl (C=O) groups is 1. The number of carbonyl (C=O) groups excluding carboxylic acids is 1. The zero-order chi connectivity index (χ0) is 17.4. The first-order valence-electron chi connectivity index (χ1n) is 8.33. The molecule has 3 N–H and O–H groups in total. The molecule has 2 unspecified atom stereocenters. The molecule has 6 nitrogen and oxygen atoms in total. The van der Waals surface area contributed by atoms with Crippen molar-refractivity contribution in [2.45, 2.75) is 39.5 Å². The third-order valence-corrected chi connectivity index (χ3v) is 4.18. The number of hydrogen-bond acceptors (Lipinski definition) is 3. The van der Waals surface area contributed by atoms with E-state index >= 15 is 0 Å². The van der Waals surface area contributed by atoms with Crippen LogP contribution in [0.2, 0.25) is 0 Å². The molecule has 0 radical (unpaired) electrons. The summed E-state index contributed by atoms with van der Waals surface area (Å²) in [7, 11) is 0. The van der Waals surface area contributed by atoms with Crippen molar-refractivity contribution in [3.63, 3.8) is 0 Å². The highest BCUT2D eigenvalue weighted by Crippen LogP contribution is 2.06. The molecular weight excluding hydrogens is 304 g/mol. The number of hydrogen-bond donors (Lipinski definition) is 3. The fraction of sp³-hybridized carbons (Fsp3) is 0.444. The van der Waals surface area contributed by atoms with Crippen LogP contribution in [0.25, 0.3) is 0 Å². The Kier molecular flexibility index (Phi) is 6.81. The Hall–Kier alpha value is -2.34. The average Bonchev–Trinajstić information content (AvgIpc) is 3.05. The lowest BCUT2D eigenvalue weighted by Crippen LogP contribution is -2.41. The van der Waals surface area contributed by atoms with Crippen LogP contribution in [-0.4, -0.2) is 33.3 Å². The first kappa shape index (κ1) is 18.0. The molecule has 0 aliphatic rings. The van der Waals surface area contributed by atoms with Crippen molar-refractivity contribution >= 4 is 6.03 Å². The van der Waals surface area contributed by atoms with Crippen molar-refractivity contribution in [3.8, 4) is 0 Å². The summed E-state index contributed by atoms with van der Waals surface area (Å²) in [6.07, 6.45) is 3.97. The highest BCUT2D eigenvalue weighted by molar-refractivity contribution is 5.73. The zero-order valence-electron chi connectivity index (χ0n) is 14.3. The Morgan fingerprint density at radius 1 is 1.29 bits per heavy atom. The summed E-state index contributed by atoms with van der Waals surface area (Å²) in [5.41, 5.74) is 1.18. The molecule has 2 rings (SSSR count). The van der Waals surface area contributed by atoms with E-state index in [2.05, 4.69) is 27.8 Å². The molecule has 1 aromatic heterocycles. The van der Waals surface area contributed by atoms with E-state index in [0.717, 1.165) is 12.2 Å². The Bertz CT molecular complexity index is 627. The molecule has 1 aromatic carbocycles. The summed E-state index contributed by atoms with van der Waals surface area (Å²) < 4.78 is 2.00. The molecule has 130 valence electrons. The second-order valence-corrected chi connectivity index (χ2v) is 5.97. The second-order valence-electron chi connectivity index (χ2n) is 5.97. The van der Waals surface area contributed by atoms with Crippen LogP contribution in [-0.2, 0) is 13.1 Å². The Labute approximate surface area is 142 Å². The van der Waals surface area contributed by atoms with Crippen LogP contribution in [0.4, 0.5) is 4.79 Å². The van der Waals surface area contributed by atoms with E-state index in [1.54, 1.807) is 6.20 Å². The predicted molar refractivity (Wildman–Crippen MR) is 93.5 cm³/mol. The van der Waals surface area contributed by atoms with Crippen molar-refractivity contribution in [3.05, 3.63) is 54.1 Å². The van der Waals surface area contributed by atoms with E-state index in [4.69, 9.17) is 0 Å². The van der Waals surface area contributed by atoms with Gasteiger partial charge < -0.3 is 20.3 Å². The lowest BCUT2D eigenvalue weighted by atomic mass is 10.0. The Balaban J connectivity index is 1.80. The summed E-state index contributed by atoms with van der Waals surface area (Å²) in [6.45, 7) is 5.28. The number of amides is 2. The molecule has 1 heterocycles. The second kappa shape index (κ2) is 9.08. The molecule has 0 saturated heterocycles. The molecule has 2 aromatic rings. The van der Waals surface area contributed by atoms with Crippen molar-refractivity contribution in [2.75, 3.05) is 6.54 Å².